The minimum Gasteiger partial charge on any atom is -0.399 e. The number of aromatic nitrogens is 2. The van der Waals surface area contributed by atoms with E-state index in [9.17, 15) is 0 Å². The van der Waals surface area contributed by atoms with Gasteiger partial charge in [-0.15, -0.1) is 0 Å². The zero-order valence-corrected chi connectivity index (χ0v) is 10.2. The van der Waals surface area contributed by atoms with Crippen LogP contribution in [0.15, 0.2) is 22.7 Å². The predicted molar refractivity (Wildman–Crippen MR) is 66.8 cm³/mol. The number of aryl methyl sites for hydroxylation is 1. The van der Waals surface area contributed by atoms with Gasteiger partial charge in [0.2, 0.25) is 5.82 Å². The lowest BCUT2D eigenvalue weighted by atomic mass is 10.1. The van der Waals surface area contributed by atoms with E-state index in [-0.39, 0.29) is 6.10 Å². The molecular formula is C13H15N3O2. The van der Waals surface area contributed by atoms with Gasteiger partial charge in [0.05, 0.1) is 0 Å². The summed E-state index contributed by atoms with van der Waals surface area (Å²) in [6, 6.07) is 5.65. The first-order valence-electron chi connectivity index (χ1n) is 6.06. The number of hydrogen-bond acceptors (Lipinski definition) is 5. The molecular weight excluding hydrogens is 230 g/mol. The zero-order chi connectivity index (χ0) is 12.5. The summed E-state index contributed by atoms with van der Waals surface area (Å²) in [6.07, 6.45) is 1.98. The quantitative estimate of drug-likeness (QED) is 0.823. The van der Waals surface area contributed by atoms with Crippen LogP contribution in [-0.4, -0.2) is 16.7 Å². The molecule has 1 unspecified atom stereocenters. The summed E-state index contributed by atoms with van der Waals surface area (Å²) >= 11 is 0. The van der Waals surface area contributed by atoms with Gasteiger partial charge < -0.3 is 15.0 Å². The topological polar surface area (TPSA) is 74.2 Å². The van der Waals surface area contributed by atoms with E-state index in [0.29, 0.717) is 17.4 Å². The van der Waals surface area contributed by atoms with E-state index in [1.165, 1.54) is 0 Å². The van der Waals surface area contributed by atoms with Crippen LogP contribution in [0.25, 0.3) is 11.5 Å². The van der Waals surface area contributed by atoms with Crippen molar-refractivity contribution in [3.8, 4) is 11.5 Å². The first-order chi connectivity index (χ1) is 8.74. The van der Waals surface area contributed by atoms with Gasteiger partial charge in [0.25, 0.3) is 5.89 Å². The molecule has 3 rings (SSSR count). The van der Waals surface area contributed by atoms with Crippen molar-refractivity contribution in [2.75, 3.05) is 12.3 Å². The van der Waals surface area contributed by atoms with Gasteiger partial charge in [-0.05, 0) is 37.5 Å². The molecule has 1 aliphatic heterocycles. The maximum absolute atomic E-state index is 5.78. The van der Waals surface area contributed by atoms with E-state index < -0.39 is 0 Å². The van der Waals surface area contributed by atoms with Crippen LogP contribution < -0.4 is 5.73 Å². The molecule has 0 spiro atoms. The maximum Gasteiger partial charge on any atom is 0.258 e. The summed E-state index contributed by atoms with van der Waals surface area (Å²) < 4.78 is 10.8. The second-order valence-corrected chi connectivity index (χ2v) is 4.53. The second-order valence-electron chi connectivity index (χ2n) is 4.53. The Balaban J connectivity index is 1.94. The molecule has 0 bridgehead atoms. The Labute approximate surface area is 105 Å². The highest BCUT2D eigenvalue weighted by molar-refractivity contribution is 5.63. The number of rotatable bonds is 2. The summed E-state index contributed by atoms with van der Waals surface area (Å²) in [5.74, 6) is 1.13. The molecule has 2 aromatic rings. The largest absolute Gasteiger partial charge is 0.399 e. The standard InChI is InChI=1S/C13H15N3O2/c1-8-4-5-9(14)7-10(8)13-15-12(16-18-13)11-3-2-6-17-11/h4-5,7,11H,2-3,6,14H2,1H3. The fourth-order valence-electron chi connectivity index (χ4n) is 2.13. The lowest BCUT2D eigenvalue weighted by Gasteiger charge is -2.02. The van der Waals surface area contributed by atoms with Gasteiger partial charge in [-0.2, -0.15) is 4.98 Å². The van der Waals surface area contributed by atoms with Crippen molar-refractivity contribution in [1.82, 2.24) is 10.1 Å². The van der Waals surface area contributed by atoms with Gasteiger partial charge in [-0.1, -0.05) is 11.2 Å². The molecule has 0 amide bonds. The fraction of sp³-hybridized carbons (Fsp3) is 0.385. The first-order valence-corrected chi connectivity index (χ1v) is 6.06. The van der Waals surface area contributed by atoms with E-state index in [1.54, 1.807) is 0 Å². The maximum atomic E-state index is 5.78. The predicted octanol–water partition coefficient (Wildman–Crippen LogP) is 2.48. The van der Waals surface area contributed by atoms with Crippen molar-refractivity contribution in [1.29, 1.82) is 0 Å². The molecule has 0 saturated carbocycles. The molecule has 1 aromatic carbocycles. The second kappa shape index (κ2) is 4.42. The van der Waals surface area contributed by atoms with Crippen LogP contribution in [0.5, 0.6) is 0 Å². The lowest BCUT2D eigenvalue weighted by Crippen LogP contribution is -1.98. The van der Waals surface area contributed by atoms with Gasteiger partial charge in [-0.25, -0.2) is 0 Å². The Morgan fingerprint density at radius 2 is 2.28 bits per heavy atom. The third-order valence-electron chi connectivity index (χ3n) is 3.15. The van der Waals surface area contributed by atoms with E-state index in [2.05, 4.69) is 10.1 Å². The number of benzene rings is 1. The van der Waals surface area contributed by atoms with Crippen LogP contribution in [0.2, 0.25) is 0 Å². The average Bonchev–Trinajstić information content (AvgIpc) is 3.00. The molecule has 0 radical (unpaired) electrons. The van der Waals surface area contributed by atoms with E-state index in [1.807, 2.05) is 25.1 Å². The fourth-order valence-corrected chi connectivity index (χ4v) is 2.13. The van der Waals surface area contributed by atoms with Crippen LogP contribution in [0.3, 0.4) is 0 Å². The molecule has 1 atom stereocenters. The monoisotopic (exact) mass is 245 g/mol. The molecule has 1 aliphatic rings. The summed E-state index contributed by atoms with van der Waals surface area (Å²) in [6.45, 7) is 2.76. The van der Waals surface area contributed by atoms with Crippen molar-refractivity contribution in [2.24, 2.45) is 0 Å². The molecule has 18 heavy (non-hydrogen) atoms. The van der Waals surface area contributed by atoms with Gasteiger partial charge in [0.1, 0.15) is 6.10 Å². The van der Waals surface area contributed by atoms with Crippen LogP contribution in [0.1, 0.15) is 30.3 Å². The van der Waals surface area contributed by atoms with E-state index >= 15 is 0 Å². The summed E-state index contributed by atoms with van der Waals surface area (Å²) in [5.41, 5.74) is 8.41. The zero-order valence-electron chi connectivity index (χ0n) is 10.2. The van der Waals surface area contributed by atoms with Crippen LogP contribution in [0, 0.1) is 6.92 Å². The molecule has 0 aliphatic carbocycles. The van der Waals surface area contributed by atoms with Crippen molar-refractivity contribution < 1.29 is 9.26 Å². The molecule has 1 aromatic heterocycles. The molecule has 94 valence electrons. The summed E-state index contributed by atoms with van der Waals surface area (Å²) in [4.78, 5) is 4.41. The number of nitrogens with zero attached hydrogens (tertiary/aromatic N) is 2. The highest BCUT2D eigenvalue weighted by Crippen LogP contribution is 2.29. The number of hydrogen-bond donors (Lipinski definition) is 1. The van der Waals surface area contributed by atoms with Crippen molar-refractivity contribution in [3.63, 3.8) is 0 Å². The summed E-state index contributed by atoms with van der Waals surface area (Å²) in [5, 5.41) is 3.99. The highest BCUT2D eigenvalue weighted by Gasteiger charge is 2.23. The Morgan fingerprint density at radius 1 is 1.39 bits per heavy atom. The number of nitrogens with two attached hydrogens (primary N) is 1. The third kappa shape index (κ3) is 1.97. The number of anilines is 1. The van der Waals surface area contributed by atoms with Gasteiger partial charge in [0.15, 0.2) is 0 Å². The number of ether oxygens (including phenoxy) is 1. The van der Waals surface area contributed by atoms with E-state index in [4.69, 9.17) is 15.0 Å². The van der Waals surface area contributed by atoms with Crippen molar-refractivity contribution >= 4 is 5.69 Å². The van der Waals surface area contributed by atoms with Gasteiger partial charge in [0, 0.05) is 17.9 Å². The van der Waals surface area contributed by atoms with Crippen LogP contribution >= 0.6 is 0 Å². The SMILES string of the molecule is Cc1ccc(N)cc1-c1nc(C2CCCO2)no1. The molecule has 2 heterocycles. The number of nitrogen functional groups attached to an aromatic ring is 1. The Kier molecular flexibility index (Phi) is 2.76. The molecule has 2 N–H and O–H groups in total. The van der Waals surface area contributed by atoms with Crippen LogP contribution in [0.4, 0.5) is 5.69 Å². The van der Waals surface area contributed by atoms with E-state index in [0.717, 1.165) is 30.6 Å². The Morgan fingerprint density at radius 3 is 3.06 bits per heavy atom. The van der Waals surface area contributed by atoms with Crippen molar-refractivity contribution in [3.05, 3.63) is 29.6 Å². The van der Waals surface area contributed by atoms with Gasteiger partial charge >= 0.3 is 0 Å². The Bertz CT molecular complexity index is 559. The Hall–Kier alpha value is -1.88. The summed E-state index contributed by atoms with van der Waals surface area (Å²) in [7, 11) is 0. The minimum absolute atomic E-state index is 0.0242. The molecule has 5 nitrogen and oxygen atoms in total. The first kappa shape index (κ1) is 11.2. The van der Waals surface area contributed by atoms with Gasteiger partial charge in [-0.3, -0.25) is 0 Å². The normalized spacial score (nSPS) is 19.3. The molecule has 5 heteroatoms. The van der Waals surface area contributed by atoms with Crippen LogP contribution in [-0.2, 0) is 4.74 Å². The third-order valence-corrected chi connectivity index (χ3v) is 3.15. The molecule has 1 saturated heterocycles. The average molecular weight is 245 g/mol. The lowest BCUT2D eigenvalue weighted by molar-refractivity contribution is 0.103. The smallest absolute Gasteiger partial charge is 0.258 e. The minimum atomic E-state index is -0.0242. The highest BCUT2D eigenvalue weighted by atomic mass is 16.5. The van der Waals surface area contributed by atoms with Crippen molar-refractivity contribution in [2.45, 2.75) is 25.9 Å². The molecule has 1 fully saturated rings.